The number of anilines is 2. The van der Waals surface area contributed by atoms with Crippen molar-refractivity contribution >= 4 is 11.5 Å². The van der Waals surface area contributed by atoms with Crippen molar-refractivity contribution in [3.05, 3.63) is 36.8 Å². The lowest BCUT2D eigenvalue weighted by Gasteiger charge is -2.01. The molecule has 2 heterocycles. The van der Waals surface area contributed by atoms with Gasteiger partial charge in [-0.2, -0.15) is 5.10 Å². The van der Waals surface area contributed by atoms with E-state index in [1.165, 1.54) is 0 Å². The van der Waals surface area contributed by atoms with E-state index >= 15 is 0 Å². The van der Waals surface area contributed by atoms with Gasteiger partial charge in [0.1, 0.15) is 5.82 Å². The third-order valence-electron chi connectivity index (χ3n) is 2.10. The molecule has 2 aromatic rings. The van der Waals surface area contributed by atoms with Gasteiger partial charge in [-0.25, -0.2) is 4.98 Å². The average molecular weight is 218 g/mol. The molecule has 0 saturated carbocycles. The van der Waals surface area contributed by atoms with Gasteiger partial charge in [-0.3, -0.25) is 4.68 Å². The summed E-state index contributed by atoms with van der Waals surface area (Å²) in [4.78, 5) is 4.17. The Morgan fingerprint density at radius 3 is 3.12 bits per heavy atom. The second-order valence-electron chi connectivity index (χ2n) is 3.32. The van der Waals surface area contributed by atoms with E-state index in [1.807, 2.05) is 29.1 Å². The minimum Gasteiger partial charge on any atom is -0.383 e. The highest BCUT2D eigenvalue weighted by molar-refractivity contribution is 5.53. The summed E-state index contributed by atoms with van der Waals surface area (Å²) in [5.74, 6) is 0.814. The lowest BCUT2D eigenvalue weighted by Crippen LogP contribution is -2.03. The lowest BCUT2D eigenvalue weighted by atomic mass is 10.4. The van der Waals surface area contributed by atoms with Crippen molar-refractivity contribution in [1.82, 2.24) is 14.8 Å². The lowest BCUT2D eigenvalue weighted by molar-refractivity contribution is 0.183. The van der Waals surface area contributed by atoms with Crippen molar-refractivity contribution in [2.75, 3.05) is 19.0 Å². The fourth-order valence-corrected chi connectivity index (χ4v) is 1.32. The van der Waals surface area contributed by atoms with Crippen molar-refractivity contribution < 1.29 is 4.74 Å². The number of nitrogens with zero attached hydrogens (tertiary/aromatic N) is 3. The Morgan fingerprint density at radius 2 is 2.38 bits per heavy atom. The fourth-order valence-electron chi connectivity index (χ4n) is 1.32. The molecule has 0 aromatic carbocycles. The largest absolute Gasteiger partial charge is 0.383 e. The molecule has 16 heavy (non-hydrogen) atoms. The highest BCUT2D eigenvalue weighted by atomic mass is 16.5. The molecular weight excluding hydrogens is 204 g/mol. The van der Waals surface area contributed by atoms with E-state index in [4.69, 9.17) is 4.74 Å². The quantitative estimate of drug-likeness (QED) is 0.829. The topological polar surface area (TPSA) is 52.0 Å². The van der Waals surface area contributed by atoms with Crippen LogP contribution in [0.1, 0.15) is 0 Å². The molecule has 0 fully saturated rings. The first-order chi connectivity index (χ1) is 7.88. The number of nitrogens with one attached hydrogen (secondary N) is 1. The third-order valence-corrected chi connectivity index (χ3v) is 2.10. The van der Waals surface area contributed by atoms with Gasteiger partial charge in [0, 0.05) is 19.5 Å². The van der Waals surface area contributed by atoms with Crippen molar-refractivity contribution in [3.63, 3.8) is 0 Å². The maximum absolute atomic E-state index is 4.98. The average Bonchev–Trinajstić information content (AvgIpc) is 2.75. The predicted octanol–water partition coefficient (Wildman–Crippen LogP) is 1.67. The van der Waals surface area contributed by atoms with E-state index in [1.54, 1.807) is 19.5 Å². The first-order valence-electron chi connectivity index (χ1n) is 5.08. The molecule has 0 unspecified atom stereocenters. The number of pyridine rings is 1. The van der Waals surface area contributed by atoms with Crippen LogP contribution in [-0.2, 0) is 11.3 Å². The van der Waals surface area contributed by atoms with Crippen LogP contribution >= 0.6 is 0 Å². The summed E-state index contributed by atoms with van der Waals surface area (Å²) in [6, 6.07) is 5.73. The molecule has 0 radical (unpaired) electrons. The van der Waals surface area contributed by atoms with E-state index in [2.05, 4.69) is 15.4 Å². The molecule has 84 valence electrons. The Kier molecular flexibility index (Phi) is 3.50. The Bertz CT molecular complexity index is 427. The third kappa shape index (κ3) is 2.80. The van der Waals surface area contributed by atoms with E-state index < -0.39 is 0 Å². The number of aromatic nitrogens is 3. The molecule has 0 saturated heterocycles. The van der Waals surface area contributed by atoms with Crippen LogP contribution in [0.5, 0.6) is 0 Å². The van der Waals surface area contributed by atoms with Gasteiger partial charge < -0.3 is 10.1 Å². The second kappa shape index (κ2) is 5.27. The summed E-state index contributed by atoms with van der Waals surface area (Å²) in [7, 11) is 1.68. The van der Waals surface area contributed by atoms with Crippen molar-refractivity contribution in [1.29, 1.82) is 0 Å². The summed E-state index contributed by atoms with van der Waals surface area (Å²) in [5, 5.41) is 7.36. The van der Waals surface area contributed by atoms with Crippen LogP contribution < -0.4 is 5.32 Å². The first-order valence-corrected chi connectivity index (χ1v) is 5.08. The molecule has 0 atom stereocenters. The molecular formula is C11H14N4O. The summed E-state index contributed by atoms with van der Waals surface area (Å²) in [6.45, 7) is 1.41. The Labute approximate surface area is 94.1 Å². The molecule has 2 rings (SSSR count). The van der Waals surface area contributed by atoms with Crippen LogP contribution in [-0.4, -0.2) is 28.5 Å². The second-order valence-corrected chi connectivity index (χ2v) is 3.32. The van der Waals surface area contributed by atoms with Crippen molar-refractivity contribution in [3.8, 4) is 0 Å². The smallest absolute Gasteiger partial charge is 0.130 e. The SMILES string of the molecule is COCCn1cc(Nc2ccccn2)cn1. The van der Waals surface area contributed by atoms with Crippen LogP contribution in [0.4, 0.5) is 11.5 Å². The first kappa shape index (κ1) is 10.6. The number of ether oxygens (including phenoxy) is 1. The van der Waals surface area contributed by atoms with Crippen molar-refractivity contribution in [2.24, 2.45) is 0 Å². The molecule has 0 aliphatic rings. The van der Waals surface area contributed by atoms with Gasteiger partial charge in [0.05, 0.1) is 25.0 Å². The van der Waals surface area contributed by atoms with Gasteiger partial charge in [-0.05, 0) is 12.1 Å². The molecule has 0 aliphatic carbocycles. The van der Waals surface area contributed by atoms with Crippen LogP contribution in [0.15, 0.2) is 36.8 Å². The monoisotopic (exact) mass is 218 g/mol. The van der Waals surface area contributed by atoms with Crippen molar-refractivity contribution in [2.45, 2.75) is 6.54 Å². The summed E-state index contributed by atoms with van der Waals surface area (Å²) in [5.41, 5.74) is 0.926. The van der Waals surface area contributed by atoms with Gasteiger partial charge in [0.25, 0.3) is 0 Å². The normalized spacial score (nSPS) is 10.3. The van der Waals surface area contributed by atoms with E-state index in [0.29, 0.717) is 6.61 Å². The molecule has 0 bridgehead atoms. The predicted molar refractivity (Wildman–Crippen MR) is 61.6 cm³/mol. The van der Waals surface area contributed by atoms with Gasteiger partial charge in [-0.15, -0.1) is 0 Å². The summed E-state index contributed by atoms with van der Waals surface area (Å²) < 4.78 is 6.81. The standard InChI is InChI=1S/C11H14N4O/c1-16-7-6-15-9-10(8-13-15)14-11-4-2-3-5-12-11/h2-5,8-9H,6-7H2,1H3,(H,12,14). The zero-order valence-electron chi connectivity index (χ0n) is 9.13. The molecule has 0 aliphatic heterocycles. The maximum Gasteiger partial charge on any atom is 0.130 e. The van der Waals surface area contributed by atoms with Gasteiger partial charge in [-0.1, -0.05) is 6.07 Å². The van der Waals surface area contributed by atoms with E-state index in [0.717, 1.165) is 18.1 Å². The minimum absolute atomic E-state index is 0.657. The zero-order valence-corrected chi connectivity index (χ0v) is 9.13. The van der Waals surface area contributed by atoms with Gasteiger partial charge in [0.15, 0.2) is 0 Å². The molecule has 2 aromatic heterocycles. The van der Waals surface area contributed by atoms with Crippen LogP contribution in [0.3, 0.4) is 0 Å². The van der Waals surface area contributed by atoms with E-state index in [-0.39, 0.29) is 0 Å². The number of rotatable bonds is 5. The maximum atomic E-state index is 4.98. The molecule has 0 spiro atoms. The Balaban J connectivity index is 1.97. The Morgan fingerprint density at radius 1 is 1.44 bits per heavy atom. The highest BCUT2D eigenvalue weighted by Crippen LogP contribution is 2.12. The van der Waals surface area contributed by atoms with Crippen LogP contribution in [0.2, 0.25) is 0 Å². The Hall–Kier alpha value is -1.88. The van der Waals surface area contributed by atoms with E-state index in [9.17, 15) is 0 Å². The number of hydrogen-bond acceptors (Lipinski definition) is 4. The van der Waals surface area contributed by atoms with Gasteiger partial charge >= 0.3 is 0 Å². The summed E-state index contributed by atoms with van der Waals surface area (Å²) in [6.07, 6.45) is 5.44. The van der Waals surface area contributed by atoms with Gasteiger partial charge in [0.2, 0.25) is 0 Å². The minimum atomic E-state index is 0.657. The number of methoxy groups -OCH3 is 1. The summed E-state index contributed by atoms with van der Waals surface area (Å²) >= 11 is 0. The molecule has 1 N–H and O–H groups in total. The molecule has 5 nitrogen and oxygen atoms in total. The van der Waals surface area contributed by atoms with Crippen LogP contribution in [0.25, 0.3) is 0 Å². The molecule has 0 amide bonds. The number of hydrogen-bond donors (Lipinski definition) is 1. The molecule has 5 heteroatoms. The van der Waals surface area contributed by atoms with Crippen LogP contribution in [0, 0.1) is 0 Å². The highest BCUT2D eigenvalue weighted by Gasteiger charge is 1.98. The zero-order chi connectivity index (χ0) is 11.2. The fraction of sp³-hybridized carbons (Fsp3) is 0.273.